The third-order valence-electron chi connectivity index (χ3n) is 8.97. The fourth-order valence-corrected chi connectivity index (χ4v) is 5.53. The van der Waals surface area contributed by atoms with Crippen molar-refractivity contribution in [2.24, 2.45) is 35.0 Å². The van der Waals surface area contributed by atoms with Gasteiger partial charge < -0.3 is 59.3 Å². The molecule has 0 aliphatic rings. The second kappa shape index (κ2) is 27.1. The fourth-order valence-electron chi connectivity index (χ4n) is 5.53. The minimum Gasteiger partial charge on any atom is -0.508 e. The van der Waals surface area contributed by atoms with Crippen LogP contribution in [0.5, 0.6) is 5.75 Å². The largest absolute Gasteiger partial charge is 0.508 e. The smallest absolute Gasteiger partial charge is 0.490 e. The molecule has 8 amide bonds. The number of carboxylic acids is 1. The number of phenols is 1. The van der Waals surface area contributed by atoms with Gasteiger partial charge in [0.2, 0.25) is 47.3 Å². The van der Waals surface area contributed by atoms with Crippen molar-refractivity contribution in [2.75, 3.05) is 6.54 Å². The summed E-state index contributed by atoms with van der Waals surface area (Å²) in [5.41, 5.74) is 17.0. The molecule has 0 aliphatic heterocycles. The van der Waals surface area contributed by atoms with E-state index in [-0.39, 0.29) is 37.4 Å². The zero-order valence-electron chi connectivity index (χ0n) is 35.9. The van der Waals surface area contributed by atoms with Gasteiger partial charge in [0.25, 0.3) is 0 Å². The molecule has 0 aromatic heterocycles. The van der Waals surface area contributed by atoms with Crippen LogP contribution < -0.4 is 49.1 Å². The number of carboxylic acid groups (broad SMARTS) is 1. The summed E-state index contributed by atoms with van der Waals surface area (Å²) in [7, 11) is 0. The molecule has 14 N–H and O–H groups in total. The lowest BCUT2D eigenvalue weighted by molar-refractivity contribution is -0.192. The van der Waals surface area contributed by atoms with E-state index in [4.69, 9.17) is 27.1 Å². The number of carbonyl (C=O) groups is 9. The summed E-state index contributed by atoms with van der Waals surface area (Å²) < 4.78 is 31.7. The number of rotatable bonds is 24. The number of hydrogen-bond donors (Lipinski definition) is 11. The van der Waals surface area contributed by atoms with Gasteiger partial charge in [-0.3, -0.25) is 38.4 Å². The highest BCUT2D eigenvalue weighted by atomic mass is 19.4. The number of hydrogen-bond acceptors (Lipinski definition) is 11. The van der Waals surface area contributed by atoms with E-state index in [0.29, 0.717) is 24.9 Å². The van der Waals surface area contributed by atoms with Crippen LogP contribution >= 0.6 is 0 Å². The third-order valence-corrected chi connectivity index (χ3v) is 8.97. The molecule has 1 aromatic rings. The molecule has 23 heteroatoms. The van der Waals surface area contributed by atoms with E-state index < -0.39 is 107 Å². The molecule has 0 saturated carbocycles. The Balaban J connectivity index is 0.00000486. The number of carbonyl (C=O) groups excluding carboxylic acids is 8. The average molecular weight is 890 g/mol. The number of halogens is 3. The number of aliphatic carboxylic acids is 1. The lowest BCUT2D eigenvalue weighted by Gasteiger charge is -2.30. The highest BCUT2D eigenvalue weighted by molar-refractivity contribution is 5.97. The molecule has 62 heavy (non-hydrogen) atoms. The van der Waals surface area contributed by atoms with E-state index in [1.54, 1.807) is 53.7 Å². The number of nitrogens with two attached hydrogens (primary N) is 3. The van der Waals surface area contributed by atoms with Crippen molar-refractivity contribution in [2.45, 2.75) is 129 Å². The van der Waals surface area contributed by atoms with Crippen LogP contribution in [0.2, 0.25) is 0 Å². The second-order valence-corrected chi connectivity index (χ2v) is 15.4. The molecule has 0 fully saturated rings. The van der Waals surface area contributed by atoms with Gasteiger partial charge in [-0.1, -0.05) is 53.7 Å². The SMILES string of the molecule is CC(=O)N[C@H](C(=O)N[C@@H](CCC(N)=O)C(=O)N[C@H](C(=O)N[C@H](C(=O)N[C@@H](Cc1ccc(O)cc1)C(=O)N[C@@H](CCCCN)C(N)=O)C(C)C)C(C)C)C(C)C.O=C(O)C(F)(F)F. The van der Waals surface area contributed by atoms with Gasteiger partial charge in [-0.2, -0.15) is 13.2 Å². The van der Waals surface area contributed by atoms with Crippen molar-refractivity contribution in [3.8, 4) is 5.75 Å². The first-order valence-electron chi connectivity index (χ1n) is 19.8. The number of alkyl halides is 3. The topological polar surface area (TPSA) is 344 Å². The van der Waals surface area contributed by atoms with Gasteiger partial charge in [-0.25, -0.2) is 4.79 Å². The fraction of sp³-hybridized carbons (Fsp3) is 0.615. The Morgan fingerprint density at radius 2 is 1.02 bits per heavy atom. The molecule has 0 unspecified atom stereocenters. The third kappa shape index (κ3) is 21.5. The monoisotopic (exact) mass is 889 g/mol. The zero-order chi connectivity index (χ0) is 48.1. The van der Waals surface area contributed by atoms with Gasteiger partial charge in [-0.15, -0.1) is 0 Å². The first-order chi connectivity index (χ1) is 28.6. The van der Waals surface area contributed by atoms with E-state index in [9.17, 15) is 56.6 Å². The number of amides is 8. The van der Waals surface area contributed by atoms with Crippen molar-refractivity contribution in [3.63, 3.8) is 0 Å². The number of benzene rings is 1. The Bertz CT molecular complexity index is 1690. The molecule has 350 valence electrons. The van der Waals surface area contributed by atoms with Gasteiger partial charge in [0.05, 0.1) is 0 Å². The standard InChI is InChI=1S/C37H61N9O9.C2HF3O2/c1-19(2)29(41-22(7)47)35(53)43-26(15-16-28(39)49)33(51)45-31(21(5)6)37(55)46-30(20(3)4)36(54)44-27(18-23-11-13-24(48)14-12-23)34(52)42-25(32(40)50)10-8-9-17-38;3-2(4,5)1(6)7/h11-14,19-21,25-27,29-31,48H,8-10,15-18,38H2,1-7H3,(H2,39,49)(H2,40,50)(H,41,47)(H,42,52)(H,43,53)(H,44,54)(H,45,51)(H,46,55);(H,6,7)/t25-,26-,27-,29-,30-,31-;/m0./s1. The van der Waals surface area contributed by atoms with Crippen LogP contribution in [-0.4, -0.2) is 112 Å². The van der Waals surface area contributed by atoms with Crippen molar-refractivity contribution >= 4 is 53.2 Å². The number of nitrogens with one attached hydrogen (secondary N) is 6. The minimum absolute atomic E-state index is 0.0109. The Kier molecular flexibility index (Phi) is 24.4. The Hall–Kier alpha value is -6.00. The number of unbranched alkanes of at least 4 members (excludes halogenated alkanes) is 1. The van der Waals surface area contributed by atoms with Crippen molar-refractivity contribution in [3.05, 3.63) is 29.8 Å². The molecule has 0 aliphatic carbocycles. The maximum absolute atomic E-state index is 13.8. The number of phenolic OH excluding ortho intramolecular Hbond substituents is 1. The lowest BCUT2D eigenvalue weighted by atomic mass is 9.98. The van der Waals surface area contributed by atoms with Crippen molar-refractivity contribution < 1.29 is 66.5 Å². The van der Waals surface area contributed by atoms with E-state index in [1.165, 1.54) is 19.1 Å². The molecule has 0 heterocycles. The lowest BCUT2D eigenvalue weighted by Crippen LogP contribution is -2.61. The van der Waals surface area contributed by atoms with Crippen molar-refractivity contribution in [1.82, 2.24) is 31.9 Å². The maximum Gasteiger partial charge on any atom is 0.490 e. The average Bonchev–Trinajstić information content (AvgIpc) is 3.15. The van der Waals surface area contributed by atoms with Gasteiger partial charge >= 0.3 is 12.1 Å². The zero-order valence-corrected chi connectivity index (χ0v) is 35.9. The summed E-state index contributed by atoms with van der Waals surface area (Å²) in [5.74, 6) is -9.81. The van der Waals surface area contributed by atoms with Crippen LogP contribution in [0.4, 0.5) is 13.2 Å². The van der Waals surface area contributed by atoms with Crippen LogP contribution in [0.25, 0.3) is 0 Å². The molecule has 0 saturated heterocycles. The van der Waals surface area contributed by atoms with Gasteiger partial charge in [0.15, 0.2) is 0 Å². The van der Waals surface area contributed by atoms with Crippen LogP contribution in [0.1, 0.15) is 86.1 Å². The molecule has 0 bridgehead atoms. The molecule has 1 aromatic carbocycles. The van der Waals surface area contributed by atoms with E-state index >= 15 is 0 Å². The van der Waals surface area contributed by atoms with Crippen LogP contribution in [0.15, 0.2) is 24.3 Å². The molecule has 20 nitrogen and oxygen atoms in total. The summed E-state index contributed by atoms with van der Waals surface area (Å²) >= 11 is 0. The molecule has 1 rings (SSSR count). The van der Waals surface area contributed by atoms with Gasteiger partial charge in [-0.05, 0) is 67.7 Å². The quantitative estimate of drug-likeness (QED) is 0.0577. The summed E-state index contributed by atoms with van der Waals surface area (Å²) in [4.78, 5) is 112. The van der Waals surface area contributed by atoms with Crippen LogP contribution in [0.3, 0.4) is 0 Å². The van der Waals surface area contributed by atoms with Crippen LogP contribution in [0, 0.1) is 17.8 Å². The Morgan fingerprint density at radius 3 is 1.42 bits per heavy atom. The highest BCUT2D eigenvalue weighted by Gasteiger charge is 2.38. The van der Waals surface area contributed by atoms with E-state index in [1.807, 2.05) is 0 Å². The highest BCUT2D eigenvalue weighted by Crippen LogP contribution is 2.15. The molecular weight excluding hydrogens is 827 g/mol. The molecule has 6 atom stereocenters. The second-order valence-electron chi connectivity index (χ2n) is 15.4. The normalized spacial score (nSPS) is 14.1. The summed E-state index contributed by atoms with van der Waals surface area (Å²) in [5, 5.41) is 32.5. The minimum atomic E-state index is -5.08. The summed E-state index contributed by atoms with van der Waals surface area (Å²) in [6.07, 6.45) is -4.26. The van der Waals surface area contributed by atoms with Crippen molar-refractivity contribution in [1.29, 1.82) is 0 Å². The van der Waals surface area contributed by atoms with E-state index in [0.717, 1.165) is 0 Å². The Morgan fingerprint density at radius 1 is 0.613 bits per heavy atom. The number of primary amides is 2. The molecule has 0 radical (unpaired) electrons. The Labute approximate surface area is 357 Å². The molecular formula is C39H62F3N9O11. The predicted molar refractivity (Wildman–Crippen MR) is 218 cm³/mol. The van der Waals surface area contributed by atoms with Gasteiger partial charge in [0.1, 0.15) is 42.0 Å². The number of aromatic hydroxyl groups is 1. The predicted octanol–water partition coefficient (Wildman–Crippen LogP) is -0.655. The summed E-state index contributed by atoms with van der Waals surface area (Å²) in [6.45, 7) is 11.7. The molecule has 0 spiro atoms. The maximum atomic E-state index is 13.8. The van der Waals surface area contributed by atoms with E-state index in [2.05, 4.69) is 31.9 Å². The van der Waals surface area contributed by atoms with Crippen LogP contribution in [-0.2, 0) is 49.6 Å². The first-order valence-corrected chi connectivity index (χ1v) is 19.8. The first kappa shape index (κ1) is 56.0. The summed E-state index contributed by atoms with van der Waals surface area (Å²) in [6, 6.07) is -1.07. The van der Waals surface area contributed by atoms with Gasteiger partial charge in [0, 0.05) is 19.8 Å².